The van der Waals surface area contributed by atoms with E-state index < -0.39 is 0 Å². The van der Waals surface area contributed by atoms with Crippen LogP contribution in [-0.4, -0.2) is 20.8 Å². The van der Waals surface area contributed by atoms with Crippen molar-refractivity contribution in [2.75, 3.05) is 5.73 Å². The summed E-state index contributed by atoms with van der Waals surface area (Å²) in [5.41, 5.74) is 7.59. The number of nitrogen functional groups attached to an aromatic ring is 1. The van der Waals surface area contributed by atoms with Crippen LogP contribution in [0, 0.1) is 0 Å². The maximum atomic E-state index is 10.5. The number of hydrogen-bond acceptors (Lipinski definition) is 4. The molecule has 0 saturated carbocycles. The maximum absolute atomic E-state index is 10.5. The first-order valence-electron chi connectivity index (χ1n) is 4.79. The molecular formula is C10H12N4O. The summed E-state index contributed by atoms with van der Waals surface area (Å²) in [7, 11) is 0. The molecule has 0 unspecified atom stereocenters. The minimum absolute atomic E-state index is 0.299. The van der Waals surface area contributed by atoms with Crippen LogP contribution < -0.4 is 5.73 Å². The van der Waals surface area contributed by atoms with E-state index in [4.69, 9.17) is 5.73 Å². The van der Waals surface area contributed by atoms with Crippen LogP contribution in [0.5, 0.6) is 0 Å². The Hall–Kier alpha value is -1.91. The number of carbonyl (C=O) groups excluding carboxylic acids is 1. The highest BCUT2D eigenvalue weighted by atomic mass is 16.1. The second-order valence-electron chi connectivity index (χ2n) is 3.28. The van der Waals surface area contributed by atoms with Crippen LogP contribution in [0.1, 0.15) is 12.5 Å². The molecular weight excluding hydrogens is 192 g/mol. The second kappa shape index (κ2) is 3.68. The zero-order chi connectivity index (χ0) is 10.8. The van der Waals surface area contributed by atoms with Gasteiger partial charge in [0.25, 0.3) is 0 Å². The molecule has 0 amide bonds. The average Bonchev–Trinajstić information content (AvgIpc) is 2.59. The number of hydrogen-bond donors (Lipinski definition) is 1. The fraction of sp³-hybridized carbons (Fsp3) is 0.300. The SMILES string of the molecule is CCc1cn(CC=O)c2ncnc(N)c12. The van der Waals surface area contributed by atoms with Gasteiger partial charge in [0, 0.05) is 6.20 Å². The lowest BCUT2D eigenvalue weighted by Crippen LogP contribution is -1.99. The molecule has 0 aliphatic carbocycles. The summed E-state index contributed by atoms with van der Waals surface area (Å²) in [6.45, 7) is 2.33. The molecule has 2 rings (SSSR count). The largest absolute Gasteiger partial charge is 0.383 e. The lowest BCUT2D eigenvalue weighted by Gasteiger charge is -1.98. The first kappa shape index (κ1) is 9.64. The normalized spacial score (nSPS) is 10.7. The molecule has 2 aromatic rings. The monoisotopic (exact) mass is 204 g/mol. The van der Waals surface area contributed by atoms with Crippen LogP contribution in [0.15, 0.2) is 12.5 Å². The number of carbonyl (C=O) groups is 1. The molecule has 0 aromatic carbocycles. The zero-order valence-corrected chi connectivity index (χ0v) is 8.47. The van der Waals surface area contributed by atoms with Gasteiger partial charge in [-0.2, -0.15) is 0 Å². The molecule has 0 atom stereocenters. The molecule has 5 heteroatoms. The van der Waals surface area contributed by atoms with Crippen molar-refractivity contribution in [1.82, 2.24) is 14.5 Å². The summed E-state index contributed by atoms with van der Waals surface area (Å²) < 4.78 is 1.79. The zero-order valence-electron chi connectivity index (χ0n) is 8.47. The first-order valence-corrected chi connectivity index (χ1v) is 4.79. The second-order valence-corrected chi connectivity index (χ2v) is 3.28. The highest BCUT2D eigenvalue weighted by Gasteiger charge is 2.11. The van der Waals surface area contributed by atoms with E-state index in [9.17, 15) is 4.79 Å². The van der Waals surface area contributed by atoms with Crippen molar-refractivity contribution >= 4 is 23.1 Å². The van der Waals surface area contributed by atoms with Crippen LogP contribution in [0.2, 0.25) is 0 Å². The molecule has 0 spiro atoms. The third kappa shape index (κ3) is 1.45. The van der Waals surface area contributed by atoms with E-state index in [0.29, 0.717) is 12.4 Å². The van der Waals surface area contributed by atoms with Crippen LogP contribution >= 0.6 is 0 Å². The van der Waals surface area contributed by atoms with Gasteiger partial charge in [0.05, 0.1) is 11.9 Å². The Labute approximate surface area is 86.9 Å². The van der Waals surface area contributed by atoms with Gasteiger partial charge in [0.2, 0.25) is 0 Å². The van der Waals surface area contributed by atoms with Crippen LogP contribution in [0.3, 0.4) is 0 Å². The van der Waals surface area contributed by atoms with E-state index in [1.54, 1.807) is 4.57 Å². The topological polar surface area (TPSA) is 73.8 Å². The fourth-order valence-corrected chi connectivity index (χ4v) is 1.72. The van der Waals surface area contributed by atoms with Crippen molar-refractivity contribution in [2.24, 2.45) is 0 Å². The Morgan fingerprint density at radius 1 is 1.53 bits per heavy atom. The van der Waals surface area contributed by atoms with Gasteiger partial charge in [-0.3, -0.25) is 0 Å². The molecule has 2 N–H and O–H groups in total. The number of fused-ring (bicyclic) bond motifs is 1. The predicted octanol–water partition coefficient (Wildman–Crippen LogP) is 0.775. The van der Waals surface area contributed by atoms with E-state index in [1.165, 1.54) is 6.33 Å². The van der Waals surface area contributed by atoms with Crippen LogP contribution in [-0.2, 0) is 17.8 Å². The Morgan fingerprint density at radius 2 is 2.33 bits per heavy atom. The molecule has 0 radical (unpaired) electrons. The number of nitrogens with zero attached hydrogens (tertiary/aromatic N) is 3. The number of aryl methyl sites for hydroxylation is 1. The van der Waals surface area contributed by atoms with Gasteiger partial charge in [0.1, 0.15) is 24.1 Å². The Kier molecular flexibility index (Phi) is 2.37. The Morgan fingerprint density at radius 3 is 3.00 bits per heavy atom. The molecule has 2 aromatic heterocycles. The van der Waals surface area contributed by atoms with Gasteiger partial charge >= 0.3 is 0 Å². The van der Waals surface area contributed by atoms with Gasteiger partial charge in [-0.15, -0.1) is 0 Å². The first-order chi connectivity index (χ1) is 7.27. The van der Waals surface area contributed by atoms with Crippen molar-refractivity contribution < 1.29 is 4.79 Å². The summed E-state index contributed by atoms with van der Waals surface area (Å²) in [6, 6.07) is 0. The van der Waals surface area contributed by atoms with Crippen molar-refractivity contribution in [3.63, 3.8) is 0 Å². The van der Waals surface area contributed by atoms with Crippen molar-refractivity contribution in [2.45, 2.75) is 19.9 Å². The van der Waals surface area contributed by atoms with Gasteiger partial charge in [0.15, 0.2) is 0 Å². The summed E-state index contributed by atoms with van der Waals surface area (Å²) >= 11 is 0. The third-order valence-corrected chi connectivity index (χ3v) is 2.41. The quantitative estimate of drug-likeness (QED) is 0.749. The average molecular weight is 204 g/mol. The molecule has 0 aliphatic heterocycles. The summed E-state index contributed by atoms with van der Waals surface area (Å²) in [5.74, 6) is 0.474. The molecule has 15 heavy (non-hydrogen) atoms. The molecule has 0 fully saturated rings. The van der Waals surface area contributed by atoms with Crippen molar-refractivity contribution in [1.29, 1.82) is 0 Å². The molecule has 0 saturated heterocycles. The highest BCUT2D eigenvalue weighted by molar-refractivity contribution is 5.90. The Balaban J connectivity index is 2.74. The van der Waals surface area contributed by atoms with E-state index in [2.05, 4.69) is 9.97 Å². The van der Waals surface area contributed by atoms with Gasteiger partial charge in [-0.1, -0.05) is 6.92 Å². The molecule has 5 nitrogen and oxygen atoms in total. The van der Waals surface area contributed by atoms with E-state index in [-0.39, 0.29) is 0 Å². The van der Waals surface area contributed by atoms with E-state index in [0.717, 1.165) is 29.3 Å². The number of aromatic nitrogens is 3. The van der Waals surface area contributed by atoms with E-state index in [1.807, 2.05) is 13.1 Å². The minimum atomic E-state index is 0.299. The lowest BCUT2D eigenvalue weighted by atomic mass is 10.2. The third-order valence-electron chi connectivity index (χ3n) is 2.41. The molecule has 2 heterocycles. The number of nitrogens with two attached hydrogens (primary N) is 1. The smallest absolute Gasteiger partial charge is 0.146 e. The predicted molar refractivity (Wildman–Crippen MR) is 57.4 cm³/mol. The number of rotatable bonds is 3. The number of aldehydes is 1. The van der Waals surface area contributed by atoms with Gasteiger partial charge < -0.3 is 15.1 Å². The van der Waals surface area contributed by atoms with Gasteiger partial charge in [-0.05, 0) is 12.0 Å². The molecule has 0 bridgehead atoms. The maximum Gasteiger partial charge on any atom is 0.146 e. The lowest BCUT2D eigenvalue weighted by molar-refractivity contribution is -0.108. The Bertz CT molecular complexity index is 503. The molecule has 0 aliphatic rings. The van der Waals surface area contributed by atoms with E-state index >= 15 is 0 Å². The fourth-order valence-electron chi connectivity index (χ4n) is 1.72. The summed E-state index contributed by atoms with van der Waals surface area (Å²) in [5, 5.41) is 0.863. The van der Waals surface area contributed by atoms with Crippen molar-refractivity contribution in [3.05, 3.63) is 18.1 Å². The molecule has 78 valence electrons. The van der Waals surface area contributed by atoms with Gasteiger partial charge in [-0.25, -0.2) is 9.97 Å². The standard InChI is InChI=1S/C10H12N4O/c1-2-7-5-14(3-4-15)10-8(7)9(11)12-6-13-10/h4-6H,2-3H2,1H3,(H2,11,12,13). The van der Waals surface area contributed by atoms with Crippen LogP contribution in [0.25, 0.3) is 11.0 Å². The highest BCUT2D eigenvalue weighted by Crippen LogP contribution is 2.23. The number of anilines is 1. The summed E-state index contributed by atoms with van der Waals surface area (Å²) in [4.78, 5) is 18.6. The minimum Gasteiger partial charge on any atom is -0.383 e. The summed E-state index contributed by atoms with van der Waals surface area (Å²) in [6.07, 6.45) is 5.01. The van der Waals surface area contributed by atoms with Crippen LogP contribution in [0.4, 0.5) is 5.82 Å². The van der Waals surface area contributed by atoms with Crippen molar-refractivity contribution in [3.8, 4) is 0 Å².